The molecule has 0 amide bonds. The van der Waals surface area contributed by atoms with Crippen molar-refractivity contribution >= 4 is 28.8 Å². The maximum absolute atomic E-state index is 13.0. The van der Waals surface area contributed by atoms with E-state index in [0.717, 1.165) is 31.4 Å². The van der Waals surface area contributed by atoms with Crippen molar-refractivity contribution < 1.29 is 19.2 Å². The van der Waals surface area contributed by atoms with Crippen molar-refractivity contribution in [2.24, 2.45) is 0 Å². The maximum Gasteiger partial charge on any atom is 0.311 e. The van der Waals surface area contributed by atoms with Crippen LogP contribution < -0.4 is 14.8 Å². The molecule has 1 N–H and O–H groups in total. The van der Waals surface area contributed by atoms with Crippen LogP contribution in [0.15, 0.2) is 23.4 Å². The molecule has 1 atom stereocenters. The summed E-state index contributed by atoms with van der Waals surface area (Å²) in [6.07, 6.45) is 3.46. The second-order valence-electron chi connectivity index (χ2n) is 7.58. The number of allylic oxidation sites excluding steroid dienone is 1. The standard InChI is InChI=1S/C22H29N3O5S/c1-4-10-29-18-13-19(30-11-5-2)16(25(27)28)12-14(18)21-20-15(8-7-9-17(20)26)24(6-3)22(31)23-21/h12-13,21H,4-11H2,1-3H3,(H,23,31). The summed E-state index contributed by atoms with van der Waals surface area (Å²) in [6.45, 7) is 7.35. The van der Waals surface area contributed by atoms with Crippen LogP contribution in [0.5, 0.6) is 11.5 Å². The smallest absolute Gasteiger partial charge is 0.311 e. The fraction of sp³-hybridized carbons (Fsp3) is 0.545. The first-order valence-electron chi connectivity index (χ1n) is 10.8. The number of rotatable bonds is 9. The monoisotopic (exact) mass is 447 g/mol. The van der Waals surface area contributed by atoms with Crippen LogP contribution in [0.2, 0.25) is 0 Å². The Balaban J connectivity index is 2.18. The largest absolute Gasteiger partial charge is 0.493 e. The van der Waals surface area contributed by atoms with Crippen molar-refractivity contribution in [1.82, 2.24) is 10.2 Å². The van der Waals surface area contributed by atoms with Crippen molar-refractivity contribution in [3.8, 4) is 11.5 Å². The molecule has 0 saturated carbocycles. The minimum Gasteiger partial charge on any atom is -0.493 e. The summed E-state index contributed by atoms with van der Waals surface area (Å²) in [5.74, 6) is 0.670. The number of carbonyl (C=O) groups excluding carboxylic acids is 1. The number of nitrogens with zero attached hydrogens (tertiary/aromatic N) is 2. The van der Waals surface area contributed by atoms with Gasteiger partial charge in [-0.3, -0.25) is 14.9 Å². The molecule has 0 fully saturated rings. The first kappa shape index (κ1) is 23.0. The van der Waals surface area contributed by atoms with Gasteiger partial charge in [0.1, 0.15) is 5.75 Å². The molecule has 0 bridgehead atoms. The number of ketones is 1. The van der Waals surface area contributed by atoms with E-state index in [0.29, 0.717) is 48.2 Å². The van der Waals surface area contributed by atoms with Crippen LogP contribution in [0.1, 0.15) is 64.5 Å². The lowest BCUT2D eigenvalue weighted by Crippen LogP contribution is -2.49. The molecule has 168 valence electrons. The summed E-state index contributed by atoms with van der Waals surface area (Å²) in [5.41, 5.74) is 1.91. The van der Waals surface area contributed by atoms with Gasteiger partial charge in [-0.1, -0.05) is 13.8 Å². The van der Waals surface area contributed by atoms with Gasteiger partial charge >= 0.3 is 5.69 Å². The van der Waals surface area contributed by atoms with E-state index in [1.165, 1.54) is 6.07 Å². The average molecular weight is 448 g/mol. The Morgan fingerprint density at radius 3 is 2.45 bits per heavy atom. The quantitative estimate of drug-likeness (QED) is 0.338. The molecule has 1 heterocycles. The van der Waals surface area contributed by atoms with Crippen molar-refractivity contribution in [3.63, 3.8) is 0 Å². The van der Waals surface area contributed by atoms with Gasteiger partial charge in [-0.2, -0.15) is 0 Å². The van der Waals surface area contributed by atoms with Gasteiger partial charge in [-0.15, -0.1) is 0 Å². The van der Waals surface area contributed by atoms with Gasteiger partial charge in [-0.05, 0) is 44.8 Å². The number of thiocarbonyl (C=S) groups is 1. The minimum atomic E-state index is -0.594. The Morgan fingerprint density at radius 1 is 1.16 bits per heavy atom. The summed E-state index contributed by atoms with van der Waals surface area (Å²) in [7, 11) is 0. The highest BCUT2D eigenvalue weighted by Gasteiger charge is 2.39. The fourth-order valence-corrected chi connectivity index (χ4v) is 4.37. The van der Waals surface area contributed by atoms with Crippen molar-refractivity contribution in [2.45, 2.75) is 58.9 Å². The van der Waals surface area contributed by atoms with Crippen LogP contribution in [-0.4, -0.2) is 40.5 Å². The van der Waals surface area contributed by atoms with Gasteiger partial charge in [0.25, 0.3) is 0 Å². The lowest BCUT2D eigenvalue weighted by molar-refractivity contribution is -0.386. The van der Waals surface area contributed by atoms with Gasteiger partial charge in [0.15, 0.2) is 10.9 Å². The summed E-state index contributed by atoms with van der Waals surface area (Å²) in [6, 6.07) is 2.44. The molecule has 1 aliphatic heterocycles. The third kappa shape index (κ3) is 4.66. The maximum atomic E-state index is 13.0. The number of benzene rings is 1. The molecule has 9 heteroatoms. The normalized spacial score (nSPS) is 18.5. The number of nitro groups is 1. The SMILES string of the molecule is CCCOc1cc(OCCC)c([N+](=O)[O-])cc1C1NC(=S)N(CC)C2=C1C(=O)CCC2. The van der Waals surface area contributed by atoms with Crippen LogP contribution in [0.3, 0.4) is 0 Å². The summed E-state index contributed by atoms with van der Waals surface area (Å²) in [4.78, 5) is 26.3. The number of ether oxygens (including phenoxy) is 2. The molecule has 1 aromatic rings. The lowest BCUT2D eigenvalue weighted by Gasteiger charge is -2.40. The van der Waals surface area contributed by atoms with Crippen LogP contribution in [0.25, 0.3) is 0 Å². The molecule has 1 aliphatic carbocycles. The highest BCUT2D eigenvalue weighted by Crippen LogP contribution is 2.44. The summed E-state index contributed by atoms with van der Waals surface area (Å²) in [5, 5.41) is 15.6. The average Bonchev–Trinajstić information content (AvgIpc) is 2.75. The van der Waals surface area contributed by atoms with Crippen LogP contribution in [0.4, 0.5) is 5.69 Å². The van der Waals surface area contributed by atoms with Gasteiger partial charge < -0.3 is 19.7 Å². The molecule has 0 saturated heterocycles. The molecule has 2 aliphatic rings. The fourth-order valence-electron chi connectivity index (χ4n) is 4.02. The van der Waals surface area contributed by atoms with Gasteiger partial charge in [0, 0.05) is 41.9 Å². The Morgan fingerprint density at radius 2 is 1.84 bits per heavy atom. The third-order valence-electron chi connectivity index (χ3n) is 5.39. The van der Waals surface area contributed by atoms with E-state index >= 15 is 0 Å². The molecular formula is C22H29N3O5S. The number of carbonyl (C=O) groups is 1. The van der Waals surface area contributed by atoms with E-state index in [4.69, 9.17) is 21.7 Å². The highest BCUT2D eigenvalue weighted by molar-refractivity contribution is 7.80. The number of hydrogen-bond donors (Lipinski definition) is 1. The zero-order valence-electron chi connectivity index (χ0n) is 18.2. The molecule has 0 aromatic heterocycles. The van der Waals surface area contributed by atoms with Gasteiger partial charge in [-0.25, -0.2) is 0 Å². The highest BCUT2D eigenvalue weighted by atomic mass is 32.1. The number of nitro benzene ring substituents is 1. The topological polar surface area (TPSA) is 93.9 Å². The van der Waals surface area contributed by atoms with E-state index in [9.17, 15) is 14.9 Å². The van der Waals surface area contributed by atoms with E-state index in [-0.39, 0.29) is 17.2 Å². The van der Waals surface area contributed by atoms with Crippen LogP contribution in [-0.2, 0) is 4.79 Å². The Bertz CT molecular complexity index is 915. The Labute approximate surface area is 187 Å². The Kier molecular flexibility index (Phi) is 7.48. The van der Waals surface area contributed by atoms with E-state index in [1.807, 2.05) is 25.7 Å². The predicted octanol–water partition coefficient (Wildman–Crippen LogP) is 4.43. The summed E-state index contributed by atoms with van der Waals surface area (Å²) >= 11 is 5.58. The van der Waals surface area contributed by atoms with Gasteiger partial charge in [0.2, 0.25) is 5.75 Å². The Hall–Kier alpha value is -2.68. The van der Waals surface area contributed by atoms with E-state index < -0.39 is 11.0 Å². The molecule has 31 heavy (non-hydrogen) atoms. The first-order valence-corrected chi connectivity index (χ1v) is 11.3. The minimum absolute atomic E-state index is 0.0371. The van der Waals surface area contributed by atoms with E-state index in [1.54, 1.807) is 6.07 Å². The van der Waals surface area contributed by atoms with E-state index in [2.05, 4.69) is 5.32 Å². The first-order chi connectivity index (χ1) is 14.9. The summed E-state index contributed by atoms with van der Waals surface area (Å²) < 4.78 is 11.6. The molecule has 0 radical (unpaired) electrons. The van der Waals surface area contributed by atoms with Crippen molar-refractivity contribution in [2.75, 3.05) is 19.8 Å². The second kappa shape index (κ2) is 10.1. The number of nitrogens with one attached hydrogen (secondary N) is 1. The van der Waals surface area contributed by atoms with Gasteiger partial charge in [0.05, 0.1) is 24.2 Å². The molecule has 8 nitrogen and oxygen atoms in total. The van der Waals surface area contributed by atoms with Crippen molar-refractivity contribution in [3.05, 3.63) is 39.1 Å². The number of Topliss-reactive ketones (excluding diaryl/α,β-unsaturated/α-hetero) is 1. The van der Waals surface area contributed by atoms with Crippen LogP contribution in [0, 0.1) is 10.1 Å². The molecular weight excluding hydrogens is 418 g/mol. The van der Waals surface area contributed by atoms with Crippen molar-refractivity contribution in [1.29, 1.82) is 0 Å². The predicted molar refractivity (Wildman–Crippen MR) is 121 cm³/mol. The zero-order valence-corrected chi connectivity index (χ0v) is 19.0. The molecule has 3 rings (SSSR count). The number of hydrogen-bond acceptors (Lipinski definition) is 6. The molecule has 0 spiro atoms. The lowest BCUT2D eigenvalue weighted by atomic mass is 9.84. The third-order valence-corrected chi connectivity index (χ3v) is 5.73. The molecule has 1 unspecified atom stereocenters. The van der Waals surface area contributed by atoms with Crippen LogP contribution >= 0.6 is 12.2 Å². The zero-order chi connectivity index (χ0) is 22.5. The molecule has 1 aromatic carbocycles. The second-order valence-corrected chi connectivity index (χ2v) is 7.96.